The lowest BCUT2D eigenvalue weighted by atomic mass is 10.1. The minimum Gasteiger partial charge on any atom is -0.392 e. The van der Waals surface area contributed by atoms with Gasteiger partial charge in [0.15, 0.2) is 0 Å². The maximum atomic E-state index is 12.6. The number of amides is 1. The Morgan fingerprint density at radius 2 is 1.86 bits per heavy atom. The molecule has 0 fully saturated rings. The first-order valence-electron chi connectivity index (χ1n) is 6.56. The number of aliphatic hydroxyl groups excluding tert-OH is 1. The van der Waals surface area contributed by atoms with E-state index < -0.39 is 11.7 Å². The van der Waals surface area contributed by atoms with Crippen molar-refractivity contribution in [1.82, 2.24) is 9.78 Å². The molecule has 0 unspecified atom stereocenters. The smallest absolute Gasteiger partial charge is 0.392 e. The van der Waals surface area contributed by atoms with Crippen molar-refractivity contribution in [2.45, 2.75) is 19.3 Å². The largest absolute Gasteiger partial charge is 0.416 e. The van der Waals surface area contributed by atoms with E-state index in [-0.39, 0.29) is 18.2 Å². The van der Waals surface area contributed by atoms with Crippen molar-refractivity contribution in [3.8, 4) is 0 Å². The number of nitrogens with zero attached hydrogens (tertiary/aromatic N) is 3. The van der Waals surface area contributed by atoms with E-state index in [4.69, 9.17) is 0 Å². The van der Waals surface area contributed by atoms with Crippen molar-refractivity contribution in [2.75, 3.05) is 11.4 Å². The topological polar surface area (TPSA) is 58.4 Å². The zero-order valence-corrected chi connectivity index (χ0v) is 11.3. The number of aromatic nitrogens is 2. The summed E-state index contributed by atoms with van der Waals surface area (Å²) in [6.07, 6.45) is -2.99. The van der Waals surface area contributed by atoms with Gasteiger partial charge in [-0.2, -0.15) is 18.3 Å². The van der Waals surface area contributed by atoms with Crippen LogP contribution in [-0.4, -0.2) is 27.3 Å². The summed E-state index contributed by atoms with van der Waals surface area (Å²) in [7, 11) is 0. The first-order chi connectivity index (χ1) is 10.4. The summed E-state index contributed by atoms with van der Waals surface area (Å²) in [6.45, 7) is 0.410. The van der Waals surface area contributed by atoms with Crippen LogP contribution in [0, 0.1) is 0 Å². The molecular formula is C14H12F3N3O2. The monoisotopic (exact) mass is 311 g/mol. The van der Waals surface area contributed by atoms with Crippen LogP contribution in [0.4, 0.5) is 18.9 Å². The Morgan fingerprint density at radius 3 is 2.45 bits per heavy atom. The predicted molar refractivity (Wildman–Crippen MR) is 71.3 cm³/mol. The molecular weight excluding hydrogens is 299 g/mol. The highest BCUT2D eigenvalue weighted by Crippen LogP contribution is 2.31. The molecule has 0 saturated heterocycles. The second-order valence-electron chi connectivity index (χ2n) is 4.90. The number of alkyl halides is 3. The normalized spacial score (nSPS) is 15.1. The number of aliphatic hydroxyl groups is 1. The third-order valence-electron chi connectivity index (χ3n) is 3.58. The van der Waals surface area contributed by atoms with E-state index in [2.05, 4.69) is 5.10 Å². The van der Waals surface area contributed by atoms with Crippen molar-refractivity contribution in [1.29, 1.82) is 0 Å². The number of hydrogen-bond acceptors (Lipinski definition) is 3. The number of halogens is 3. The van der Waals surface area contributed by atoms with Crippen LogP contribution in [0.1, 0.15) is 21.6 Å². The quantitative estimate of drug-likeness (QED) is 0.923. The maximum Gasteiger partial charge on any atom is 0.416 e. The fourth-order valence-corrected chi connectivity index (χ4v) is 2.46. The van der Waals surface area contributed by atoms with Gasteiger partial charge in [0.1, 0.15) is 5.69 Å². The van der Waals surface area contributed by atoms with Gasteiger partial charge in [0.25, 0.3) is 5.91 Å². The first kappa shape index (κ1) is 14.6. The van der Waals surface area contributed by atoms with Gasteiger partial charge in [-0.05, 0) is 24.3 Å². The average Bonchev–Trinajstić information content (AvgIpc) is 2.91. The molecule has 8 heteroatoms. The van der Waals surface area contributed by atoms with Crippen molar-refractivity contribution in [3.63, 3.8) is 0 Å². The number of hydrogen-bond donors (Lipinski definition) is 1. The van der Waals surface area contributed by atoms with Crippen molar-refractivity contribution in [2.24, 2.45) is 0 Å². The van der Waals surface area contributed by atoms with E-state index in [0.717, 1.165) is 12.1 Å². The number of carbonyl (C=O) groups excluding carboxylic acids is 1. The van der Waals surface area contributed by atoms with Crippen LogP contribution in [0.3, 0.4) is 0 Å². The second kappa shape index (κ2) is 5.13. The zero-order chi connectivity index (χ0) is 15.9. The van der Waals surface area contributed by atoms with E-state index in [0.29, 0.717) is 24.3 Å². The molecule has 5 nitrogen and oxygen atoms in total. The van der Waals surface area contributed by atoms with Gasteiger partial charge in [-0.15, -0.1) is 0 Å². The van der Waals surface area contributed by atoms with Gasteiger partial charge in [0, 0.05) is 17.8 Å². The Labute approximate surface area is 123 Å². The molecule has 0 aliphatic carbocycles. The molecule has 1 N–H and O–H groups in total. The number of carbonyl (C=O) groups is 1. The second-order valence-corrected chi connectivity index (χ2v) is 4.90. The van der Waals surface area contributed by atoms with Gasteiger partial charge in [0.2, 0.25) is 0 Å². The van der Waals surface area contributed by atoms with E-state index >= 15 is 0 Å². The fraction of sp³-hybridized carbons (Fsp3) is 0.286. The summed E-state index contributed by atoms with van der Waals surface area (Å²) in [5.41, 5.74) is 0.298. The zero-order valence-electron chi connectivity index (χ0n) is 11.3. The van der Waals surface area contributed by atoms with Gasteiger partial charge in [-0.1, -0.05) is 0 Å². The van der Waals surface area contributed by atoms with Gasteiger partial charge >= 0.3 is 6.18 Å². The summed E-state index contributed by atoms with van der Waals surface area (Å²) >= 11 is 0. The summed E-state index contributed by atoms with van der Waals surface area (Å²) in [5, 5.41) is 13.2. The van der Waals surface area contributed by atoms with Crippen LogP contribution < -0.4 is 4.90 Å². The Balaban J connectivity index is 1.92. The minimum atomic E-state index is -4.41. The van der Waals surface area contributed by atoms with E-state index in [1.807, 2.05) is 0 Å². The number of anilines is 1. The molecule has 0 bridgehead atoms. The third kappa shape index (κ3) is 2.35. The molecule has 2 aromatic rings. The van der Waals surface area contributed by atoms with Gasteiger partial charge in [0.05, 0.1) is 24.9 Å². The fourth-order valence-electron chi connectivity index (χ4n) is 2.46. The van der Waals surface area contributed by atoms with Crippen LogP contribution in [-0.2, 0) is 19.3 Å². The first-order valence-corrected chi connectivity index (χ1v) is 6.56. The summed E-state index contributed by atoms with van der Waals surface area (Å²) in [6, 6.07) is 4.43. The van der Waals surface area contributed by atoms with Gasteiger partial charge in [-0.3, -0.25) is 9.48 Å². The minimum absolute atomic E-state index is 0.272. The molecule has 1 aromatic carbocycles. The average molecular weight is 311 g/mol. The van der Waals surface area contributed by atoms with Crippen LogP contribution in [0.2, 0.25) is 0 Å². The molecule has 1 aliphatic rings. The SMILES string of the molecule is O=C1c2c(CO)cnn2CCN1c1ccc(C(F)(F)F)cc1. The summed E-state index contributed by atoms with van der Waals surface area (Å²) in [4.78, 5) is 13.9. The highest BCUT2D eigenvalue weighted by Gasteiger charge is 2.32. The molecule has 1 aliphatic heterocycles. The van der Waals surface area contributed by atoms with Crippen LogP contribution >= 0.6 is 0 Å². The third-order valence-corrected chi connectivity index (χ3v) is 3.58. The summed E-state index contributed by atoms with van der Waals surface area (Å²) < 4.78 is 39.2. The molecule has 0 saturated carbocycles. The van der Waals surface area contributed by atoms with Crippen molar-refractivity contribution >= 4 is 11.6 Å². The van der Waals surface area contributed by atoms with E-state index in [1.54, 1.807) is 0 Å². The van der Waals surface area contributed by atoms with Crippen LogP contribution in [0.15, 0.2) is 30.5 Å². The lowest BCUT2D eigenvalue weighted by molar-refractivity contribution is -0.137. The number of rotatable bonds is 2. The Morgan fingerprint density at radius 1 is 1.18 bits per heavy atom. The molecule has 116 valence electrons. The Kier molecular flexibility index (Phi) is 3.40. The maximum absolute atomic E-state index is 12.6. The Bertz CT molecular complexity index is 694. The van der Waals surface area contributed by atoms with Crippen molar-refractivity contribution < 1.29 is 23.1 Å². The standard InChI is InChI=1S/C14H12F3N3O2/c15-14(16,17)10-1-3-11(4-2-10)19-5-6-20-12(13(19)22)9(8-21)7-18-20/h1-4,7,21H,5-6,8H2. The molecule has 2 heterocycles. The van der Waals surface area contributed by atoms with Crippen molar-refractivity contribution in [3.05, 3.63) is 47.3 Å². The number of fused-ring (bicyclic) bond motifs is 1. The highest BCUT2D eigenvalue weighted by atomic mass is 19.4. The molecule has 3 rings (SSSR count). The summed E-state index contributed by atoms with van der Waals surface area (Å²) in [5.74, 6) is -0.382. The molecule has 0 radical (unpaired) electrons. The number of benzene rings is 1. The van der Waals surface area contributed by atoms with Gasteiger partial charge < -0.3 is 10.0 Å². The van der Waals surface area contributed by atoms with E-state index in [9.17, 15) is 23.1 Å². The van der Waals surface area contributed by atoms with Gasteiger partial charge in [-0.25, -0.2) is 0 Å². The predicted octanol–water partition coefficient (Wildman–Crippen LogP) is 2.05. The molecule has 0 spiro atoms. The molecule has 0 atom stereocenters. The van der Waals surface area contributed by atoms with Crippen LogP contribution in [0.5, 0.6) is 0 Å². The molecule has 1 aromatic heterocycles. The van der Waals surface area contributed by atoms with E-state index in [1.165, 1.54) is 27.9 Å². The lowest BCUT2D eigenvalue weighted by Crippen LogP contribution is -2.41. The van der Waals surface area contributed by atoms with Crippen LogP contribution in [0.25, 0.3) is 0 Å². The highest BCUT2D eigenvalue weighted by molar-refractivity contribution is 6.06. The Hall–Kier alpha value is -2.35. The molecule has 1 amide bonds. The molecule has 22 heavy (non-hydrogen) atoms. The lowest BCUT2D eigenvalue weighted by Gasteiger charge is -2.28.